The number of hydrogen-bond donors (Lipinski definition) is 0. The quantitative estimate of drug-likeness (QED) is 0.150. The molecule has 9 aromatic rings. The summed E-state index contributed by atoms with van der Waals surface area (Å²) in [5.41, 5.74) is 1.94. The fourth-order valence-corrected chi connectivity index (χ4v) is 8.17. The van der Waals surface area contributed by atoms with Crippen LogP contribution in [0.25, 0.3) is 49.9 Å². The molecule has 308 valence electrons. The number of halogens is 2. The summed E-state index contributed by atoms with van der Waals surface area (Å²) in [4.78, 5) is 9.18. The maximum atomic E-state index is 17.8. The van der Waals surface area contributed by atoms with Gasteiger partial charge >= 0.3 is 11.9 Å². The molecule has 0 fully saturated rings. The van der Waals surface area contributed by atoms with Crippen molar-refractivity contribution in [3.05, 3.63) is 198 Å². The summed E-state index contributed by atoms with van der Waals surface area (Å²) < 4.78 is 128. The SMILES string of the molecule is [2H]c1c([2H])c([2H])c(-c2cccc(-c3c([2H])c([2H])c([2H])c([2H])c3[2H])c2[N+]2=C=[N+](c3cc(C(C)(C)C)cc(C(F)(F)c4cc5c(cn4)c4ccccc4n5-c4cc(C(C)(C)C)ccn4)c3)c3ccccc32)c([2H])c1[2H]. The second-order valence-electron chi connectivity index (χ2n) is 17.6. The normalized spacial score (nSPS) is 15.2. The molecule has 0 saturated heterocycles. The van der Waals surface area contributed by atoms with Gasteiger partial charge in [0, 0.05) is 53.0 Å². The molecule has 0 N–H and O–H groups in total. The molecule has 0 amide bonds. The highest BCUT2D eigenvalue weighted by atomic mass is 19.3. The Balaban J connectivity index is 1.25. The van der Waals surface area contributed by atoms with E-state index >= 15 is 8.78 Å². The maximum absolute atomic E-state index is 17.8. The Bertz CT molecular complexity index is 3780. The van der Waals surface area contributed by atoms with Gasteiger partial charge in [-0.1, -0.05) is 138 Å². The van der Waals surface area contributed by atoms with Gasteiger partial charge in [0.2, 0.25) is 11.4 Å². The standard InChI is InChI=1S/C56H47F2N5/c1-54(2,3)39-28-29-59-52(33-39)63-47-25-14-13-22-45(47)46-35-60-51(34-50(46)63)56(57,58)41-30-40(55(4,5)6)31-42(32-41)61-36-62(49-27-16-15-26-48(49)61)53-43(37-18-9-7-10-19-37)23-17-24-44(53)38-20-11-8-12-21-38/h7-35H,1-6H3/q+2/i7D,8D,9D,10D,11D,12D,18D,19D,20D,21D. The van der Waals surface area contributed by atoms with E-state index in [0.29, 0.717) is 33.7 Å². The van der Waals surface area contributed by atoms with E-state index in [4.69, 9.17) is 18.7 Å². The lowest BCUT2D eigenvalue weighted by Gasteiger charge is -2.23. The monoisotopic (exact) mass is 837 g/mol. The number of aromatic nitrogens is 3. The van der Waals surface area contributed by atoms with Crippen molar-refractivity contribution >= 4 is 50.6 Å². The van der Waals surface area contributed by atoms with Gasteiger partial charge in [0.05, 0.1) is 35.9 Å². The number of alkyl halides is 2. The molecule has 3 aromatic heterocycles. The molecular formula is C56H47F2N5+2. The van der Waals surface area contributed by atoms with E-state index in [1.54, 1.807) is 41.1 Å². The van der Waals surface area contributed by atoms with Crippen LogP contribution in [0.5, 0.6) is 0 Å². The third kappa shape index (κ3) is 6.95. The second kappa shape index (κ2) is 14.9. The van der Waals surface area contributed by atoms with Crippen LogP contribution < -0.4 is 9.15 Å². The van der Waals surface area contributed by atoms with Crippen LogP contribution in [-0.2, 0) is 16.8 Å². The van der Waals surface area contributed by atoms with Crippen molar-refractivity contribution in [2.24, 2.45) is 0 Å². The molecule has 0 aliphatic carbocycles. The van der Waals surface area contributed by atoms with Crippen LogP contribution in [0.15, 0.2) is 176 Å². The van der Waals surface area contributed by atoms with E-state index in [0.717, 1.165) is 16.5 Å². The largest absolute Gasteiger partial charge is 0.503 e. The fourth-order valence-electron chi connectivity index (χ4n) is 8.17. The lowest BCUT2D eigenvalue weighted by Crippen LogP contribution is -2.20. The smallest absolute Gasteiger partial charge is 0.294 e. The minimum absolute atomic E-state index is 0.0559. The Morgan fingerprint density at radius 3 is 1.83 bits per heavy atom. The van der Waals surface area contributed by atoms with Crippen molar-refractivity contribution in [1.82, 2.24) is 23.7 Å². The van der Waals surface area contributed by atoms with Crippen LogP contribution in [0.3, 0.4) is 0 Å². The van der Waals surface area contributed by atoms with Gasteiger partial charge in [-0.2, -0.15) is 8.78 Å². The maximum Gasteiger partial charge on any atom is 0.503 e. The van der Waals surface area contributed by atoms with Gasteiger partial charge < -0.3 is 0 Å². The van der Waals surface area contributed by atoms with Crippen molar-refractivity contribution in [1.29, 1.82) is 0 Å². The van der Waals surface area contributed by atoms with Crippen LogP contribution in [0.1, 0.15) is 77.6 Å². The zero-order chi connectivity index (χ0) is 52.4. The van der Waals surface area contributed by atoms with Crippen LogP contribution >= 0.6 is 0 Å². The zero-order valence-electron chi connectivity index (χ0n) is 45.5. The third-order valence-electron chi connectivity index (χ3n) is 11.5. The zero-order valence-corrected chi connectivity index (χ0v) is 35.5. The molecule has 1 aliphatic heterocycles. The molecule has 0 unspecified atom stereocenters. The van der Waals surface area contributed by atoms with Gasteiger partial charge in [0.1, 0.15) is 11.5 Å². The highest BCUT2D eigenvalue weighted by Gasteiger charge is 2.43. The van der Waals surface area contributed by atoms with Crippen molar-refractivity contribution < 1.29 is 22.5 Å². The Hall–Kier alpha value is -7.34. The lowest BCUT2D eigenvalue weighted by atomic mass is 9.84. The van der Waals surface area contributed by atoms with Gasteiger partial charge in [-0.25, -0.2) is 4.98 Å². The highest BCUT2D eigenvalue weighted by Crippen LogP contribution is 2.46. The molecule has 63 heavy (non-hydrogen) atoms. The van der Waals surface area contributed by atoms with Crippen LogP contribution in [0, 0.1) is 0 Å². The van der Waals surface area contributed by atoms with E-state index in [1.807, 2.05) is 61.7 Å². The average Bonchev–Trinajstić information content (AvgIpc) is 3.92. The summed E-state index contributed by atoms with van der Waals surface area (Å²) in [6, 6.07) is 26.6. The molecule has 10 rings (SSSR count). The molecule has 0 radical (unpaired) electrons. The molecule has 0 atom stereocenters. The first-order valence-electron chi connectivity index (χ1n) is 25.6. The van der Waals surface area contributed by atoms with Crippen LogP contribution in [0.4, 0.5) is 31.5 Å². The molecule has 5 nitrogen and oxygen atoms in total. The van der Waals surface area contributed by atoms with Gasteiger partial charge in [-0.3, -0.25) is 9.55 Å². The number of para-hydroxylation sites is 4. The van der Waals surface area contributed by atoms with Crippen LogP contribution in [-0.4, -0.2) is 20.5 Å². The Morgan fingerprint density at radius 1 is 0.571 bits per heavy atom. The number of fused-ring (bicyclic) bond motifs is 4. The predicted molar refractivity (Wildman–Crippen MR) is 255 cm³/mol. The summed E-state index contributed by atoms with van der Waals surface area (Å²) in [6.07, 6.45) is 3.21. The fraction of sp³-hybridized carbons (Fsp3) is 0.161. The van der Waals surface area contributed by atoms with Crippen molar-refractivity contribution in [3.63, 3.8) is 0 Å². The first-order chi connectivity index (χ1) is 34.4. The molecule has 7 heteroatoms. The van der Waals surface area contributed by atoms with Gasteiger partial charge in [-0.05, 0) is 84.7 Å². The number of hydrogen-bond acceptors (Lipinski definition) is 2. The number of nitrogens with zero attached hydrogens (tertiary/aromatic N) is 5. The molecular weight excluding hydrogens is 781 g/mol. The van der Waals surface area contributed by atoms with Crippen LogP contribution in [0.2, 0.25) is 0 Å². The molecule has 6 aromatic carbocycles. The van der Waals surface area contributed by atoms with Gasteiger partial charge in [-0.15, -0.1) is 0 Å². The summed E-state index contributed by atoms with van der Waals surface area (Å²) >= 11 is 0. The van der Waals surface area contributed by atoms with Gasteiger partial charge in [0.15, 0.2) is 0 Å². The predicted octanol–water partition coefficient (Wildman–Crippen LogP) is 14.5. The van der Waals surface area contributed by atoms with E-state index in [2.05, 4.69) is 31.8 Å². The van der Waals surface area contributed by atoms with E-state index in [-0.39, 0.29) is 44.6 Å². The lowest BCUT2D eigenvalue weighted by molar-refractivity contribution is 0.0380. The minimum atomic E-state index is -3.69. The number of pyridine rings is 2. The molecule has 4 heterocycles. The van der Waals surface area contributed by atoms with E-state index in [1.165, 1.54) is 47.2 Å². The Morgan fingerprint density at radius 2 is 1.17 bits per heavy atom. The number of rotatable bonds is 7. The first-order valence-corrected chi connectivity index (χ1v) is 20.6. The van der Waals surface area contributed by atoms with Gasteiger partial charge in [0.25, 0.3) is 11.4 Å². The average molecular weight is 838 g/mol. The summed E-state index contributed by atoms with van der Waals surface area (Å²) in [6.45, 7) is 12.0. The highest BCUT2D eigenvalue weighted by molar-refractivity contribution is 6.09. The summed E-state index contributed by atoms with van der Waals surface area (Å²) in [5.74, 6) is -3.12. The van der Waals surface area contributed by atoms with Crippen molar-refractivity contribution in [2.75, 3.05) is 0 Å². The summed E-state index contributed by atoms with van der Waals surface area (Å²) in [5, 5.41) is 1.50. The molecule has 0 bridgehead atoms. The topological polar surface area (TPSA) is 36.7 Å². The number of benzene rings is 6. The first kappa shape index (κ1) is 29.8. The Labute approximate surface area is 380 Å². The minimum Gasteiger partial charge on any atom is -0.294 e. The molecule has 0 saturated carbocycles. The van der Waals surface area contributed by atoms with E-state index in [9.17, 15) is 0 Å². The van der Waals surface area contributed by atoms with Crippen molar-refractivity contribution in [2.45, 2.75) is 58.3 Å². The molecule has 0 spiro atoms. The summed E-state index contributed by atoms with van der Waals surface area (Å²) in [7, 11) is 0. The molecule has 1 aliphatic rings. The Kier molecular flexibility index (Phi) is 7.07. The second-order valence-corrected chi connectivity index (χ2v) is 17.6. The van der Waals surface area contributed by atoms with E-state index < -0.39 is 77.5 Å². The van der Waals surface area contributed by atoms with Crippen molar-refractivity contribution in [3.8, 4) is 28.1 Å². The third-order valence-corrected chi connectivity index (χ3v) is 11.5.